The predicted molar refractivity (Wildman–Crippen MR) is 133 cm³/mol. The molecule has 5 heterocycles. The first kappa shape index (κ1) is 21.3. The number of rotatable bonds is 3. The number of benzene rings is 3. The van der Waals surface area contributed by atoms with Crippen molar-refractivity contribution >= 4 is 29.4 Å². The van der Waals surface area contributed by atoms with E-state index in [0.29, 0.717) is 34.2 Å². The van der Waals surface area contributed by atoms with Crippen LogP contribution in [-0.4, -0.2) is 42.1 Å². The van der Waals surface area contributed by atoms with Gasteiger partial charge in [-0.3, -0.25) is 14.4 Å². The molecule has 3 aromatic carbocycles. The molecule has 8 rings (SSSR count). The number of Topliss-reactive ketones (excluding diaryl/α,β-unsaturated/α-hetero) is 1. The highest BCUT2D eigenvalue weighted by Crippen LogP contribution is 2.54. The van der Waals surface area contributed by atoms with Crippen LogP contribution in [0.4, 0.5) is 5.69 Å². The van der Waals surface area contributed by atoms with Gasteiger partial charge in [-0.05, 0) is 47.5 Å². The van der Waals surface area contributed by atoms with Crippen LogP contribution in [0.5, 0.6) is 23.0 Å². The first-order chi connectivity index (χ1) is 18.6. The number of ether oxygens (including phenoxy) is 4. The smallest absolute Gasteiger partial charge is 0.240 e. The summed E-state index contributed by atoms with van der Waals surface area (Å²) in [5.74, 6) is -0.513. The summed E-state index contributed by atoms with van der Waals surface area (Å²) >= 11 is 0. The second kappa shape index (κ2) is 7.61. The molecule has 0 bridgehead atoms. The fraction of sp³-hybridized carbons (Fsp3) is 0.207. The number of carbonyl (C=O) groups is 3. The molecule has 2 fully saturated rings. The molecule has 188 valence electrons. The molecule has 0 N–H and O–H groups in total. The van der Waals surface area contributed by atoms with Gasteiger partial charge in [0.05, 0.1) is 23.6 Å². The van der Waals surface area contributed by atoms with Gasteiger partial charge in [-0.25, -0.2) is 4.90 Å². The van der Waals surface area contributed by atoms with Gasteiger partial charge in [-0.1, -0.05) is 24.3 Å². The molecule has 0 unspecified atom stereocenters. The van der Waals surface area contributed by atoms with E-state index >= 15 is 0 Å². The highest BCUT2D eigenvalue weighted by Gasteiger charge is 2.64. The Balaban J connectivity index is 1.25. The fourth-order valence-electron chi connectivity index (χ4n) is 6.36. The summed E-state index contributed by atoms with van der Waals surface area (Å²) in [7, 11) is 0. The maximum atomic E-state index is 14.1. The molecular weight excluding hydrogens is 488 g/mol. The fourth-order valence-corrected chi connectivity index (χ4v) is 6.36. The molecule has 0 aromatic heterocycles. The van der Waals surface area contributed by atoms with Gasteiger partial charge < -0.3 is 23.8 Å². The number of fused-ring (bicyclic) bond motifs is 7. The highest BCUT2D eigenvalue weighted by atomic mass is 16.7. The lowest BCUT2D eigenvalue weighted by Gasteiger charge is -2.35. The molecule has 9 nitrogen and oxygen atoms in total. The first-order valence-electron chi connectivity index (χ1n) is 12.4. The largest absolute Gasteiger partial charge is 0.454 e. The molecule has 4 atom stereocenters. The number of hydrogen-bond acceptors (Lipinski definition) is 8. The van der Waals surface area contributed by atoms with Crippen LogP contribution in [0, 0.1) is 11.8 Å². The third-order valence-electron chi connectivity index (χ3n) is 8.00. The molecule has 38 heavy (non-hydrogen) atoms. The van der Waals surface area contributed by atoms with Gasteiger partial charge in [0.15, 0.2) is 28.8 Å². The Bertz CT molecular complexity index is 1600. The Morgan fingerprint density at radius 1 is 0.763 bits per heavy atom. The zero-order chi connectivity index (χ0) is 25.5. The molecule has 2 amide bonds. The molecule has 5 aliphatic rings. The van der Waals surface area contributed by atoms with Gasteiger partial charge in [0.25, 0.3) is 0 Å². The molecule has 5 aliphatic heterocycles. The van der Waals surface area contributed by atoms with Crippen LogP contribution in [-0.2, 0) is 9.59 Å². The lowest BCUT2D eigenvalue weighted by Crippen LogP contribution is -2.44. The molecule has 9 heteroatoms. The van der Waals surface area contributed by atoms with Crippen LogP contribution in [0.1, 0.15) is 27.5 Å². The second-order valence-corrected chi connectivity index (χ2v) is 9.81. The maximum absolute atomic E-state index is 14.1. The van der Waals surface area contributed by atoms with E-state index in [1.165, 1.54) is 4.90 Å². The summed E-state index contributed by atoms with van der Waals surface area (Å²) in [6, 6.07) is 16.5. The van der Waals surface area contributed by atoms with Crippen molar-refractivity contribution in [1.29, 1.82) is 0 Å². The van der Waals surface area contributed by atoms with Crippen molar-refractivity contribution in [3.05, 3.63) is 83.6 Å². The van der Waals surface area contributed by atoms with Gasteiger partial charge in [0, 0.05) is 17.8 Å². The molecule has 3 aromatic rings. The summed E-state index contributed by atoms with van der Waals surface area (Å²) < 4.78 is 21.8. The summed E-state index contributed by atoms with van der Waals surface area (Å²) in [5.41, 5.74) is 2.68. The summed E-state index contributed by atoms with van der Waals surface area (Å²) in [4.78, 5) is 45.3. The van der Waals surface area contributed by atoms with E-state index in [1.54, 1.807) is 36.4 Å². The normalized spacial score (nSPS) is 25.5. The van der Waals surface area contributed by atoms with Crippen molar-refractivity contribution in [2.75, 3.05) is 18.5 Å². The molecule has 0 radical (unpaired) electrons. The average Bonchev–Trinajstić information content (AvgIpc) is 3.71. The van der Waals surface area contributed by atoms with Crippen molar-refractivity contribution in [2.45, 2.75) is 12.1 Å². The van der Waals surface area contributed by atoms with Gasteiger partial charge >= 0.3 is 0 Å². The number of imide groups is 1. The number of carbonyl (C=O) groups excluding carboxylic acids is 3. The van der Waals surface area contributed by atoms with Gasteiger partial charge in [-0.2, -0.15) is 0 Å². The summed E-state index contributed by atoms with van der Waals surface area (Å²) in [5, 5.41) is 0. The lowest BCUT2D eigenvalue weighted by atomic mass is 9.83. The maximum Gasteiger partial charge on any atom is 0.240 e. The number of nitrogens with zero attached hydrogens (tertiary/aromatic N) is 2. The van der Waals surface area contributed by atoms with Crippen molar-refractivity contribution in [2.24, 2.45) is 11.8 Å². The zero-order valence-corrected chi connectivity index (χ0v) is 19.9. The Morgan fingerprint density at radius 3 is 2.26 bits per heavy atom. The summed E-state index contributed by atoms with van der Waals surface area (Å²) in [6.07, 6.45) is 3.77. The van der Waals surface area contributed by atoms with E-state index in [4.69, 9.17) is 18.9 Å². The zero-order valence-electron chi connectivity index (χ0n) is 19.9. The van der Waals surface area contributed by atoms with Gasteiger partial charge in [0.2, 0.25) is 25.4 Å². The lowest BCUT2D eigenvalue weighted by molar-refractivity contribution is -0.123. The molecule has 0 spiro atoms. The molecule has 0 saturated carbocycles. The van der Waals surface area contributed by atoms with Crippen LogP contribution in [0.3, 0.4) is 0 Å². The van der Waals surface area contributed by atoms with Crippen molar-refractivity contribution in [1.82, 2.24) is 4.90 Å². The van der Waals surface area contributed by atoms with E-state index in [1.807, 2.05) is 41.4 Å². The van der Waals surface area contributed by atoms with E-state index in [-0.39, 0.29) is 25.3 Å². The SMILES string of the molecule is O=C(c1ccc2c(c1)OCO2)[C@@H]1[C@@H]2C(=O)N(c3ccc4c(c3)OCO4)C(=O)[C@@H]2[C@H]2c3ccccc3C=CN12. The molecule has 2 saturated heterocycles. The minimum absolute atomic E-state index is 0.0815. The number of hydrogen-bond donors (Lipinski definition) is 0. The Labute approximate surface area is 216 Å². The Hall–Kier alpha value is -4.79. The van der Waals surface area contributed by atoms with Gasteiger partial charge in [-0.15, -0.1) is 0 Å². The number of amides is 2. The van der Waals surface area contributed by atoms with Crippen LogP contribution < -0.4 is 23.8 Å². The number of anilines is 1. The Kier molecular flexibility index (Phi) is 4.27. The van der Waals surface area contributed by atoms with Crippen molar-refractivity contribution < 1.29 is 33.3 Å². The van der Waals surface area contributed by atoms with E-state index in [2.05, 4.69) is 0 Å². The summed E-state index contributed by atoms with van der Waals surface area (Å²) in [6.45, 7) is 0.171. The first-order valence-corrected chi connectivity index (χ1v) is 12.4. The van der Waals surface area contributed by atoms with Crippen molar-refractivity contribution in [3.63, 3.8) is 0 Å². The average molecular weight is 508 g/mol. The highest BCUT2D eigenvalue weighted by molar-refractivity contribution is 6.24. The Morgan fingerprint density at radius 2 is 1.45 bits per heavy atom. The third kappa shape index (κ3) is 2.78. The minimum Gasteiger partial charge on any atom is -0.454 e. The van der Waals surface area contributed by atoms with Crippen molar-refractivity contribution in [3.8, 4) is 23.0 Å². The quantitative estimate of drug-likeness (QED) is 0.392. The predicted octanol–water partition coefficient (Wildman–Crippen LogP) is 3.54. The monoisotopic (exact) mass is 508 g/mol. The minimum atomic E-state index is -0.870. The van der Waals surface area contributed by atoms with Crippen LogP contribution in [0.15, 0.2) is 66.9 Å². The van der Waals surface area contributed by atoms with Crippen LogP contribution in [0.25, 0.3) is 6.08 Å². The molecule has 0 aliphatic carbocycles. The van der Waals surface area contributed by atoms with Gasteiger partial charge in [0.1, 0.15) is 6.04 Å². The van der Waals surface area contributed by atoms with Crippen LogP contribution >= 0.6 is 0 Å². The number of ketones is 1. The van der Waals surface area contributed by atoms with Crippen LogP contribution in [0.2, 0.25) is 0 Å². The standard InChI is InChI=1S/C29H20N2O7/c32-27(16-5-7-19-21(11-16)37-13-35-19)26-24-23(25-18-4-2-1-3-15(18)9-10-30(25)26)28(33)31(29(24)34)17-6-8-20-22(12-17)38-14-36-20/h1-12,23-26H,13-14H2/t23-,24+,25+,26-/m0/s1. The van der Waals surface area contributed by atoms with E-state index in [0.717, 1.165) is 11.1 Å². The third-order valence-corrected chi connectivity index (χ3v) is 8.00. The second-order valence-electron chi connectivity index (χ2n) is 9.81. The van der Waals surface area contributed by atoms with E-state index in [9.17, 15) is 14.4 Å². The topological polar surface area (TPSA) is 94.6 Å². The van der Waals surface area contributed by atoms with E-state index < -0.39 is 29.8 Å². The molecular formula is C29H20N2O7.